The highest BCUT2D eigenvalue weighted by Gasteiger charge is 2.26. The van der Waals surface area contributed by atoms with Gasteiger partial charge in [-0.2, -0.15) is 0 Å². The lowest BCUT2D eigenvalue weighted by atomic mass is 10.2. The molecule has 0 saturated carbocycles. The molecule has 3 N–H and O–H groups in total. The van der Waals surface area contributed by atoms with E-state index in [4.69, 9.17) is 22.1 Å². The van der Waals surface area contributed by atoms with E-state index in [9.17, 15) is 14.4 Å². The minimum Gasteiger partial charge on any atom is -0.383 e. The second-order valence-corrected chi connectivity index (χ2v) is 6.81. The third kappa shape index (κ3) is 4.58. The van der Waals surface area contributed by atoms with Gasteiger partial charge in [-0.05, 0) is 17.7 Å². The summed E-state index contributed by atoms with van der Waals surface area (Å²) in [5.74, 6) is -0.734. The van der Waals surface area contributed by atoms with Crippen molar-refractivity contribution >= 4 is 29.0 Å². The standard InChI is InChI=1S/C20H20ClN5O4/c1-30-10-9-25-17(22)16(18(27)24-20(25)29)26(12-13-5-3-2-4-6-13)19(28)15-11-14(21)7-8-23-15/h2-8,11H,9-10,12,22H2,1H3,(H,24,27,29). The Labute approximate surface area is 176 Å². The molecule has 0 aliphatic carbocycles. The molecule has 1 aromatic carbocycles. The number of halogens is 1. The fourth-order valence-electron chi connectivity index (χ4n) is 2.92. The molecule has 9 nitrogen and oxygen atoms in total. The summed E-state index contributed by atoms with van der Waals surface area (Å²) in [4.78, 5) is 45.7. The van der Waals surface area contributed by atoms with Crippen molar-refractivity contribution < 1.29 is 9.53 Å². The van der Waals surface area contributed by atoms with E-state index in [0.717, 1.165) is 10.1 Å². The van der Waals surface area contributed by atoms with Crippen LogP contribution >= 0.6 is 11.6 Å². The number of hydrogen-bond donors (Lipinski definition) is 2. The van der Waals surface area contributed by atoms with Crippen molar-refractivity contribution in [2.75, 3.05) is 24.4 Å². The highest BCUT2D eigenvalue weighted by molar-refractivity contribution is 6.31. The van der Waals surface area contributed by atoms with Gasteiger partial charge in [-0.1, -0.05) is 41.9 Å². The number of carbonyl (C=O) groups excluding carboxylic acids is 1. The Kier molecular flexibility index (Phi) is 6.65. The molecule has 2 aromatic heterocycles. The van der Waals surface area contributed by atoms with Crippen LogP contribution in [0.2, 0.25) is 5.02 Å². The molecule has 30 heavy (non-hydrogen) atoms. The van der Waals surface area contributed by atoms with Crippen molar-refractivity contribution in [2.24, 2.45) is 0 Å². The smallest absolute Gasteiger partial charge is 0.330 e. The summed E-state index contributed by atoms with van der Waals surface area (Å²) in [7, 11) is 1.48. The van der Waals surface area contributed by atoms with Crippen LogP contribution in [0.5, 0.6) is 0 Å². The molecule has 0 aliphatic rings. The van der Waals surface area contributed by atoms with Gasteiger partial charge in [-0.3, -0.25) is 29.0 Å². The molecule has 3 rings (SSSR count). The van der Waals surface area contributed by atoms with E-state index < -0.39 is 17.2 Å². The molecule has 0 saturated heterocycles. The van der Waals surface area contributed by atoms with Gasteiger partial charge in [0.1, 0.15) is 11.5 Å². The topological polar surface area (TPSA) is 123 Å². The molecule has 0 aliphatic heterocycles. The van der Waals surface area contributed by atoms with Gasteiger partial charge in [0.05, 0.1) is 19.7 Å². The summed E-state index contributed by atoms with van der Waals surface area (Å²) in [5.41, 5.74) is 5.34. The fraction of sp³-hybridized carbons (Fsp3) is 0.200. The summed E-state index contributed by atoms with van der Waals surface area (Å²) in [6.45, 7) is 0.329. The van der Waals surface area contributed by atoms with Crippen molar-refractivity contribution in [3.63, 3.8) is 0 Å². The molecule has 2 heterocycles. The Bertz CT molecular complexity index is 1160. The first kappa shape index (κ1) is 21.3. The quantitative estimate of drug-likeness (QED) is 0.588. The van der Waals surface area contributed by atoms with E-state index in [1.165, 1.54) is 30.3 Å². The lowest BCUT2D eigenvalue weighted by Crippen LogP contribution is -2.41. The predicted molar refractivity (Wildman–Crippen MR) is 114 cm³/mol. The number of amides is 1. The normalized spacial score (nSPS) is 10.7. The minimum absolute atomic E-state index is 0.0314. The van der Waals surface area contributed by atoms with Crippen molar-refractivity contribution in [2.45, 2.75) is 13.1 Å². The van der Waals surface area contributed by atoms with Gasteiger partial charge in [0.2, 0.25) is 0 Å². The Morgan fingerprint density at radius 1 is 1.27 bits per heavy atom. The lowest BCUT2D eigenvalue weighted by molar-refractivity contribution is 0.0980. The van der Waals surface area contributed by atoms with E-state index in [-0.39, 0.29) is 36.9 Å². The first-order valence-electron chi connectivity index (χ1n) is 9.01. The van der Waals surface area contributed by atoms with Gasteiger partial charge in [-0.15, -0.1) is 0 Å². The van der Waals surface area contributed by atoms with Crippen LogP contribution in [0.15, 0.2) is 58.3 Å². The highest BCUT2D eigenvalue weighted by atomic mass is 35.5. The zero-order chi connectivity index (χ0) is 21.7. The number of hydrogen-bond acceptors (Lipinski definition) is 6. The second-order valence-electron chi connectivity index (χ2n) is 6.37. The van der Waals surface area contributed by atoms with E-state index in [2.05, 4.69) is 9.97 Å². The van der Waals surface area contributed by atoms with E-state index >= 15 is 0 Å². The molecule has 10 heteroatoms. The van der Waals surface area contributed by atoms with Gasteiger partial charge < -0.3 is 10.5 Å². The maximum atomic E-state index is 13.3. The van der Waals surface area contributed by atoms with Gasteiger partial charge in [0.15, 0.2) is 5.69 Å². The summed E-state index contributed by atoms with van der Waals surface area (Å²) in [5, 5.41) is 0.319. The van der Waals surface area contributed by atoms with Gasteiger partial charge in [-0.25, -0.2) is 4.79 Å². The fourth-order valence-corrected chi connectivity index (χ4v) is 3.08. The molecule has 0 atom stereocenters. The maximum absolute atomic E-state index is 13.3. The van der Waals surface area contributed by atoms with Crippen LogP contribution in [0.4, 0.5) is 11.5 Å². The van der Waals surface area contributed by atoms with Crippen molar-refractivity contribution in [1.29, 1.82) is 0 Å². The Morgan fingerprint density at radius 2 is 2.00 bits per heavy atom. The van der Waals surface area contributed by atoms with Gasteiger partial charge >= 0.3 is 5.69 Å². The number of methoxy groups -OCH3 is 1. The SMILES string of the molecule is COCCn1c(N)c(N(Cc2ccccc2)C(=O)c2cc(Cl)ccn2)c(=O)[nH]c1=O. The predicted octanol–water partition coefficient (Wildman–Crippen LogP) is 1.66. The Morgan fingerprint density at radius 3 is 2.67 bits per heavy atom. The maximum Gasteiger partial charge on any atom is 0.330 e. The molecular formula is C20H20ClN5O4. The third-order valence-electron chi connectivity index (χ3n) is 4.37. The Hall–Kier alpha value is -3.43. The zero-order valence-electron chi connectivity index (χ0n) is 16.2. The number of aromatic nitrogens is 3. The van der Waals surface area contributed by atoms with Gasteiger partial charge in [0, 0.05) is 18.3 Å². The molecule has 156 valence electrons. The van der Waals surface area contributed by atoms with Crippen LogP contribution in [0.1, 0.15) is 16.1 Å². The molecule has 0 unspecified atom stereocenters. The number of nitrogens with two attached hydrogens (primary N) is 1. The molecular weight excluding hydrogens is 410 g/mol. The largest absolute Gasteiger partial charge is 0.383 e. The van der Waals surface area contributed by atoms with Crippen LogP contribution in [-0.4, -0.2) is 34.2 Å². The number of nitrogens with one attached hydrogen (secondary N) is 1. The van der Waals surface area contributed by atoms with Crippen molar-refractivity contribution in [3.05, 3.63) is 85.8 Å². The number of H-pyrrole nitrogens is 1. The van der Waals surface area contributed by atoms with Crippen molar-refractivity contribution in [1.82, 2.24) is 14.5 Å². The molecule has 3 aromatic rings. The number of carbonyl (C=O) groups is 1. The molecule has 0 radical (unpaired) electrons. The van der Waals surface area contributed by atoms with Crippen LogP contribution in [0.25, 0.3) is 0 Å². The first-order chi connectivity index (χ1) is 14.4. The number of rotatable bonds is 7. The van der Waals surface area contributed by atoms with Crippen LogP contribution < -0.4 is 21.9 Å². The molecule has 0 bridgehead atoms. The Balaban J connectivity index is 2.16. The number of anilines is 2. The van der Waals surface area contributed by atoms with E-state index in [1.54, 1.807) is 12.1 Å². The molecule has 1 amide bonds. The highest BCUT2D eigenvalue weighted by Crippen LogP contribution is 2.22. The number of aromatic amines is 1. The van der Waals surface area contributed by atoms with E-state index in [1.807, 2.05) is 18.2 Å². The average Bonchev–Trinajstić information content (AvgIpc) is 2.73. The van der Waals surface area contributed by atoms with Crippen molar-refractivity contribution in [3.8, 4) is 0 Å². The summed E-state index contributed by atoms with van der Waals surface area (Å²) in [6, 6.07) is 12.0. The third-order valence-corrected chi connectivity index (χ3v) is 4.61. The molecule has 0 fully saturated rings. The van der Waals surface area contributed by atoms with Crippen LogP contribution in [0, 0.1) is 0 Å². The van der Waals surface area contributed by atoms with Gasteiger partial charge in [0.25, 0.3) is 11.5 Å². The molecule has 0 spiro atoms. The number of nitrogen functional groups attached to an aromatic ring is 1. The monoisotopic (exact) mass is 429 g/mol. The number of nitrogens with zero attached hydrogens (tertiary/aromatic N) is 3. The summed E-state index contributed by atoms with van der Waals surface area (Å²) < 4.78 is 6.15. The minimum atomic E-state index is -0.780. The van der Waals surface area contributed by atoms with Crippen LogP contribution in [-0.2, 0) is 17.8 Å². The number of ether oxygens (including phenoxy) is 1. The second kappa shape index (κ2) is 9.38. The first-order valence-corrected chi connectivity index (χ1v) is 9.39. The average molecular weight is 430 g/mol. The van der Waals surface area contributed by atoms with E-state index in [0.29, 0.717) is 5.02 Å². The number of pyridine rings is 1. The summed E-state index contributed by atoms with van der Waals surface area (Å²) >= 11 is 6.00. The van der Waals surface area contributed by atoms with Crippen LogP contribution in [0.3, 0.4) is 0 Å². The zero-order valence-corrected chi connectivity index (χ0v) is 16.9. The summed E-state index contributed by atoms with van der Waals surface area (Å²) in [6.07, 6.45) is 1.39. The number of benzene rings is 1. The lowest BCUT2D eigenvalue weighted by Gasteiger charge is -2.24.